The van der Waals surface area contributed by atoms with E-state index in [4.69, 9.17) is 9.52 Å². The fraction of sp³-hybridized carbons (Fsp3) is 0.143. The monoisotopic (exact) mass is 385 g/mol. The maximum Gasteiger partial charge on any atom is 0.420 e. The lowest BCUT2D eigenvalue weighted by atomic mass is 10.1. The number of hydrogen-bond acceptors (Lipinski definition) is 4. The number of fused-ring (bicyclic) bond motifs is 1. The first-order valence-corrected chi connectivity index (χ1v) is 8.44. The zero-order chi connectivity index (χ0) is 20.4. The topological polar surface area (TPSA) is 72.4 Å². The number of hydrogen-bond donors (Lipinski definition) is 1. The first-order chi connectivity index (χ1) is 13.3. The Morgan fingerprint density at radius 3 is 2.54 bits per heavy atom. The van der Waals surface area contributed by atoms with Gasteiger partial charge in [-0.3, -0.25) is 9.36 Å². The number of oxazole rings is 1. The molecule has 1 N–H and O–H groups in total. The third-order valence-electron chi connectivity index (χ3n) is 4.11. The van der Waals surface area contributed by atoms with Crippen LogP contribution in [0.4, 0.5) is 8.78 Å². The first-order valence-electron chi connectivity index (χ1n) is 8.44. The number of nitrogens with zero attached hydrogens (tertiary/aromatic N) is 1. The van der Waals surface area contributed by atoms with E-state index in [1.807, 2.05) is 19.9 Å². The van der Waals surface area contributed by atoms with E-state index in [1.165, 1.54) is 16.7 Å². The molecule has 0 atom stereocenters. The number of halogens is 2. The number of aromatic nitrogens is 1. The SMILES string of the molecule is CC(C)=CCn1c(=O)oc2c(C(=O)/C=C/c3cc(F)c(O)c(F)c3)cccc21. The highest BCUT2D eigenvalue weighted by atomic mass is 19.1. The number of carbonyl (C=O) groups is 1. The Kier molecular flexibility index (Phi) is 5.26. The van der Waals surface area contributed by atoms with Crippen molar-refractivity contribution in [3.8, 4) is 5.75 Å². The second-order valence-corrected chi connectivity index (χ2v) is 6.44. The van der Waals surface area contributed by atoms with Crippen LogP contribution >= 0.6 is 0 Å². The van der Waals surface area contributed by atoms with Crippen molar-refractivity contribution < 1.29 is 23.1 Å². The number of phenolic OH excluding ortho intramolecular Hbond substituents is 1. The molecule has 0 saturated carbocycles. The van der Waals surface area contributed by atoms with E-state index in [-0.39, 0.29) is 16.7 Å². The molecule has 1 aromatic heterocycles. The molecule has 0 aliphatic carbocycles. The van der Waals surface area contributed by atoms with Crippen molar-refractivity contribution in [3.05, 3.63) is 81.4 Å². The van der Waals surface area contributed by atoms with Crippen LogP contribution in [0.25, 0.3) is 17.2 Å². The normalized spacial score (nSPS) is 11.3. The number of phenols is 1. The van der Waals surface area contributed by atoms with Crippen molar-refractivity contribution in [1.82, 2.24) is 4.57 Å². The molecule has 0 unspecified atom stereocenters. The predicted molar refractivity (Wildman–Crippen MR) is 101 cm³/mol. The lowest BCUT2D eigenvalue weighted by molar-refractivity contribution is 0.104. The van der Waals surface area contributed by atoms with Gasteiger partial charge in [0.2, 0.25) is 0 Å². The maximum absolute atomic E-state index is 13.4. The van der Waals surface area contributed by atoms with E-state index in [1.54, 1.807) is 12.1 Å². The number of aromatic hydroxyl groups is 1. The second-order valence-electron chi connectivity index (χ2n) is 6.44. The van der Waals surface area contributed by atoms with Crippen LogP contribution in [0.15, 0.2) is 57.3 Å². The molecule has 144 valence electrons. The van der Waals surface area contributed by atoms with Crippen molar-refractivity contribution >= 4 is 23.0 Å². The van der Waals surface area contributed by atoms with Crippen molar-refractivity contribution in [3.63, 3.8) is 0 Å². The van der Waals surface area contributed by atoms with Gasteiger partial charge in [0.05, 0.1) is 11.1 Å². The zero-order valence-electron chi connectivity index (χ0n) is 15.2. The predicted octanol–water partition coefficient (Wildman–Crippen LogP) is 4.44. The molecule has 0 bridgehead atoms. The van der Waals surface area contributed by atoms with Gasteiger partial charge in [0, 0.05) is 6.54 Å². The lowest BCUT2D eigenvalue weighted by Crippen LogP contribution is -2.12. The Balaban J connectivity index is 1.97. The van der Waals surface area contributed by atoms with E-state index in [0.717, 1.165) is 23.8 Å². The average molecular weight is 385 g/mol. The summed E-state index contributed by atoms with van der Waals surface area (Å²) < 4.78 is 33.5. The lowest BCUT2D eigenvalue weighted by Gasteiger charge is -2.01. The highest BCUT2D eigenvalue weighted by Crippen LogP contribution is 2.23. The number of para-hydroxylation sites is 1. The summed E-state index contributed by atoms with van der Waals surface area (Å²) in [6.45, 7) is 4.12. The molecule has 1 heterocycles. The Morgan fingerprint density at radius 2 is 1.89 bits per heavy atom. The van der Waals surface area contributed by atoms with Crippen molar-refractivity contribution in [1.29, 1.82) is 0 Å². The molecule has 0 fully saturated rings. The van der Waals surface area contributed by atoms with Gasteiger partial charge in [-0.25, -0.2) is 13.6 Å². The van der Waals surface area contributed by atoms with Gasteiger partial charge in [0.25, 0.3) is 0 Å². The Morgan fingerprint density at radius 1 is 1.21 bits per heavy atom. The minimum Gasteiger partial charge on any atom is -0.503 e. The van der Waals surface area contributed by atoms with Gasteiger partial charge in [0.1, 0.15) is 0 Å². The van der Waals surface area contributed by atoms with E-state index in [0.29, 0.717) is 12.1 Å². The van der Waals surface area contributed by atoms with Gasteiger partial charge < -0.3 is 9.52 Å². The highest BCUT2D eigenvalue weighted by Gasteiger charge is 2.16. The van der Waals surface area contributed by atoms with Crippen molar-refractivity contribution in [2.75, 3.05) is 0 Å². The molecule has 0 saturated heterocycles. The maximum atomic E-state index is 13.4. The Hall–Kier alpha value is -3.48. The molecule has 5 nitrogen and oxygen atoms in total. The summed E-state index contributed by atoms with van der Waals surface area (Å²) in [7, 11) is 0. The summed E-state index contributed by atoms with van der Waals surface area (Å²) in [6.07, 6.45) is 4.19. The molecular weight excluding hydrogens is 368 g/mol. The van der Waals surface area contributed by atoms with Gasteiger partial charge in [0.15, 0.2) is 28.8 Å². The molecular formula is C21H17F2NO4. The molecule has 0 aliphatic rings. The smallest absolute Gasteiger partial charge is 0.420 e. The number of benzene rings is 2. The average Bonchev–Trinajstić information content (AvgIpc) is 2.97. The fourth-order valence-electron chi connectivity index (χ4n) is 2.67. The van der Waals surface area contributed by atoms with Gasteiger partial charge in [-0.05, 0) is 49.8 Å². The minimum absolute atomic E-state index is 0.0657. The highest BCUT2D eigenvalue weighted by molar-refractivity contribution is 6.13. The summed E-state index contributed by atoms with van der Waals surface area (Å²) in [6, 6.07) is 6.60. The van der Waals surface area contributed by atoms with Gasteiger partial charge in [-0.2, -0.15) is 0 Å². The van der Waals surface area contributed by atoms with Crippen LogP contribution in [0.2, 0.25) is 0 Å². The summed E-state index contributed by atoms with van der Waals surface area (Å²) in [5, 5.41) is 9.12. The van der Waals surface area contributed by atoms with Crippen molar-refractivity contribution in [2.24, 2.45) is 0 Å². The van der Waals surface area contributed by atoms with E-state index in [2.05, 4.69) is 0 Å². The third-order valence-corrected chi connectivity index (χ3v) is 4.11. The van der Waals surface area contributed by atoms with Crippen LogP contribution in [-0.2, 0) is 6.54 Å². The largest absolute Gasteiger partial charge is 0.503 e. The van der Waals surface area contributed by atoms with Crippen LogP contribution in [0.5, 0.6) is 5.75 Å². The molecule has 3 rings (SSSR count). The first kappa shape index (κ1) is 19.3. The second kappa shape index (κ2) is 7.64. The third kappa shape index (κ3) is 3.78. The van der Waals surface area contributed by atoms with E-state index < -0.39 is 28.9 Å². The molecule has 3 aromatic rings. The Bertz CT molecular complexity index is 1160. The standard InChI is InChI=1S/C21H17F2NO4/c1-12(2)8-9-24-17-5-3-4-14(20(17)28-21(24)27)18(25)7-6-13-10-15(22)19(26)16(23)11-13/h3-8,10-11,26H,9H2,1-2H3/b7-6+. The summed E-state index contributed by atoms with van der Waals surface area (Å²) in [5.41, 5.74) is 1.87. The summed E-state index contributed by atoms with van der Waals surface area (Å²) in [4.78, 5) is 24.7. The quantitative estimate of drug-likeness (QED) is 0.400. The van der Waals surface area contributed by atoms with Gasteiger partial charge in [-0.15, -0.1) is 0 Å². The molecule has 0 spiro atoms. The van der Waals surface area contributed by atoms with Gasteiger partial charge in [-0.1, -0.05) is 23.8 Å². The summed E-state index contributed by atoms with van der Waals surface area (Å²) in [5.74, 6) is -4.41. The molecule has 0 radical (unpaired) electrons. The number of carbonyl (C=O) groups excluding carboxylic acids is 1. The molecule has 0 amide bonds. The molecule has 28 heavy (non-hydrogen) atoms. The number of rotatable bonds is 5. The summed E-state index contributed by atoms with van der Waals surface area (Å²) >= 11 is 0. The van der Waals surface area contributed by atoms with Crippen LogP contribution < -0.4 is 5.76 Å². The minimum atomic E-state index is -1.13. The molecule has 7 heteroatoms. The van der Waals surface area contributed by atoms with Crippen LogP contribution in [0, 0.1) is 11.6 Å². The zero-order valence-corrected chi connectivity index (χ0v) is 15.2. The Labute approximate surface area is 158 Å². The van der Waals surface area contributed by atoms with Gasteiger partial charge >= 0.3 is 5.76 Å². The fourth-order valence-corrected chi connectivity index (χ4v) is 2.67. The van der Waals surface area contributed by atoms with Crippen molar-refractivity contribution in [2.45, 2.75) is 20.4 Å². The van der Waals surface area contributed by atoms with Crippen LogP contribution in [0.3, 0.4) is 0 Å². The molecule has 0 aliphatic heterocycles. The number of ketones is 1. The molecule has 2 aromatic carbocycles. The number of allylic oxidation sites excluding steroid dienone is 3. The van der Waals surface area contributed by atoms with E-state index in [9.17, 15) is 18.4 Å². The van der Waals surface area contributed by atoms with E-state index >= 15 is 0 Å². The van der Waals surface area contributed by atoms with Crippen LogP contribution in [0.1, 0.15) is 29.8 Å². The van der Waals surface area contributed by atoms with Crippen LogP contribution in [-0.4, -0.2) is 15.5 Å².